The van der Waals surface area contributed by atoms with Gasteiger partial charge in [0.25, 0.3) is 5.91 Å². The number of halogens is 2. The molecule has 184 valence electrons. The quantitative estimate of drug-likeness (QED) is 0.257. The number of aromatic nitrogens is 4. The zero-order chi connectivity index (χ0) is 25.1. The monoisotopic (exact) mass is 489 g/mol. The lowest BCUT2D eigenvalue weighted by atomic mass is 10.1. The van der Waals surface area contributed by atoms with E-state index >= 15 is 4.39 Å². The first-order valence-electron chi connectivity index (χ1n) is 11.7. The van der Waals surface area contributed by atoms with Crippen LogP contribution in [0.4, 0.5) is 26.2 Å². The van der Waals surface area contributed by atoms with Crippen LogP contribution in [-0.2, 0) is 6.54 Å². The van der Waals surface area contributed by atoms with Gasteiger partial charge in [-0.15, -0.1) is 0 Å². The molecule has 0 radical (unpaired) electrons. The molecular weight excluding hydrogens is 464 g/mol. The van der Waals surface area contributed by atoms with E-state index in [9.17, 15) is 9.18 Å². The van der Waals surface area contributed by atoms with E-state index in [0.29, 0.717) is 28.7 Å². The van der Waals surface area contributed by atoms with Gasteiger partial charge in [0.2, 0.25) is 0 Å². The molecule has 5 rings (SSSR count). The number of pyridine rings is 2. The first-order valence-corrected chi connectivity index (χ1v) is 11.7. The minimum atomic E-state index is -0.584. The van der Waals surface area contributed by atoms with Crippen molar-refractivity contribution < 1.29 is 13.6 Å². The topological polar surface area (TPSA) is 108 Å². The summed E-state index contributed by atoms with van der Waals surface area (Å²) in [5.74, 6) is 0.0957. The number of nitrogens with zero attached hydrogens (tertiary/aromatic N) is 3. The van der Waals surface area contributed by atoms with Gasteiger partial charge in [0.15, 0.2) is 17.5 Å². The summed E-state index contributed by atoms with van der Waals surface area (Å²) < 4.78 is 28.5. The standard InChI is InChI=1S/C26H25F2N7O/c1-15(16-4-6-20(27)7-5-16)31-24-19(14-30-26(36)18-8-10-29-11-9-18)12-21(28)25(33-24)32-23-13-22(34-35-23)17-2-3-17/h4-13,15,17H,2-3,14H2,1H3,(H,30,36)(H3,31,32,33,34,35). The molecule has 1 aliphatic rings. The maximum absolute atomic E-state index is 15.1. The lowest BCUT2D eigenvalue weighted by Gasteiger charge is -2.19. The molecule has 1 amide bonds. The van der Waals surface area contributed by atoms with Crippen LogP contribution in [0.1, 0.15) is 58.9 Å². The molecule has 3 aromatic heterocycles. The number of hydrogen-bond acceptors (Lipinski definition) is 6. The Morgan fingerprint density at radius 1 is 1.08 bits per heavy atom. The SMILES string of the molecule is CC(Nc1nc(Nc2cc(C3CC3)[nH]n2)c(F)cc1CNC(=O)c1ccncc1)c1ccc(F)cc1. The minimum absolute atomic E-state index is 0.00173. The van der Waals surface area contributed by atoms with Gasteiger partial charge in [0.1, 0.15) is 11.6 Å². The van der Waals surface area contributed by atoms with E-state index in [0.717, 1.165) is 24.1 Å². The summed E-state index contributed by atoms with van der Waals surface area (Å²) in [6.45, 7) is 1.93. The van der Waals surface area contributed by atoms with Gasteiger partial charge in [-0.1, -0.05) is 12.1 Å². The maximum atomic E-state index is 15.1. The molecule has 1 fully saturated rings. The zero-order valence-corrected chi connectivity index (χ0v) is 19.6. The van der Waals surface area contributed by atoms with Gasteiger partial charge >= 0.3 is 0 Å². The second-order valence-corrected chi connectivity index (χ2v) is 8.77. The van der Waals surface area contributed by atoms with Crippen molar-refractivity contribution in [3.05, 3.63) is 94.9 Å². The summed E-state index contributed by atoms with van der Waals surface area (Å²) in [4.78, 5) is 20.9. The molecule has 1 atom stereocenters. The number of benzene rings is 1. The fourth-order valence-corrected chi connectivity index (χ4v) is 3.82. The van der Waals surface area contributed by atoms with Crippen molar-refractivity contribution in [2.75, 3.05) is 10.6 Å². The smallest absolute Gasteiger partial charge is 0.251 e. The van der Waals surface area contributed by atoms with Gasteiger partial charge < -0.3 is 16.0 Å². The number of amides is 1. The van der Waals surface area contributed by atoms with Crippen LogP contribution in [-0.4, -0.2) is 26.1 Å². The van der Waals surface area contributed by atoms with Crippen molar-refractivity contribution in [2.24, 2.45) is 0 Å². The lowest BCUT2D eigenvalue weighted by molar-refractivity contribution is 0.0951. The summed E-state index contributed by atoms with van der Waals surface area (Å²) >= 11 is 0. The number of nitrogens with one attached hydrogen (secondary N) is 4. The van der Waals surface area contributed by atoms with Crippen molar-refractivity contribution in [1.29, 1.82) is 0 Å². The Bertz CT molecular complexity index is 1350. The van der Waals surface area contributed by atoms with Gasteiger partial charge in [-0.25, -0.2) is 13.8 Å². The Kier molecular flexibility index (Phi) is 6.57. The predicted octanol–water partition coefficient (Wildman–Crippen LogP) is 5.20. The van der Waals surface area contributed by atoms with Crippen LogP contribution < -0.4 is 16.0 Å². The van der Waals surface area contributed by atoms with Crippen LogP contribution in [0.5, 0.6) is 0 Å². The molecule has 0 saturated heterocycles. The third kappa shape index (κ3) is 5.48. The van der Waals surface area contributed by atoms with E-state index in [1.807, 2.05) is 13.0 Å². The fourth-order valence-electron chi connectivity index (χ4n) is 3.82. The number of carbonyl (C=O) groups is 1. The Labute approximate surface area is 206 Å². The van der Waals surface area contributed by atoms with Crippen molar-refractivity contribution in [1.82, 2.24) is 25.5 Å². The average Bonchev–Trinajstić information content (AvgIpc) is 3.64. The first-order chi connectivity index (χ1) is 17.5. The predicted molar refractivity (Wildman–Crippen MR) is 132 cm³/mol. The second kappa shape index (κ2) is 10.1. The highest BCUT2D eigenvalue weighted by molar-refractivity contribution is 5.94. The van der Waals surface area contributed by atoms with Gasteiger partial charge in [-0.05, 0) is 55.7 Å². The summed E-state index contributed by atoms with van der Waals surface area (Å²) in [6, 6.07) is 12.2. The zero-order valence-electron chi connectivity index (χ0n) is 19.6. The fraction of sp³-hybridized carbons (Fsp3) is 0.231. The molecule has 0 aliphatic heterocycles. The van der Waals surface area contributed by atoms with Gasteiger partial charge in [0, 0.05) is 53.8 Å². The first kappa shape index (κ1) is 23.4. The van der Waals surface area contributed by atoms with E-state index in [2.05, 4.69) is 36.1 Å². The van der Waals surface area contributed by atoms with Crippen LogP contribution in [0.15, 0.2) is 60.9 Å². The van der Waals surface area contributed by atoms with E-state index in [-0.39, 0.29) is 30.1 Å². The molecule has 4 N–H and O–H groups in total. The summed E-state index contributed by atoms with van der Waals surface area (Å²) in [6.07, 6.45) is 5.28. The number of rotatable bonds is 9. The summed E-state index contributed by atoms with van der Waals surface area (Å²) in [7, 11) is 0. The van der Waals surface area contributed by atoms with E-state index in [1.165, 1.54) is 30.6 Å². The third-order valence-electron chi connectivity index (χ3n) is 6.02. The molecule has 3 heterocycles. The van der Waals surface area contributed by atoms with Crippen molar-refractivity contribution in [3.8, 4) is 0 Å². The van der Waals surface area contributed by atoms with Gasteiger partial charge in [0.05, 0.1) is 0 Å². The highest BCUT2D eigenvalue weighted by Gasteiger charge is 2.26. The maximum Gasteiger partial charge on any atom is 0.251 e. The summed E-state index contributed by atoms with van der Waals surface area (Å²) in [5, 5.41) is 16.2. The number of carbonyl (C=O) groups excluding carboxylic acids is 1. The Morgan fingerprint density at radius 3 is 2.56 bits per heavy atom. The number of aromatic amines is 1. The van der Waals surface area contributed by atoms with E-state index in [4.69, 9.17) is 0 Å². The van der Waals surface area contributed by atoms with E-state index < -0.39 is 5.82 Å². The Morgan fingerprint density at radius 2 is 1.83 bits per heavy atom. The van der Waals surface area contributed by atoms with Crippen LogP contribution in [0.2, 0.25) is 0 Å². The number of anilines is 3. The van der Waals surface area contributed by atoms with Crippen molar-refractivity contribution in [2.45, 2.75) is 38.3 Å². The van der Waals surface area contributed by atoms with Crippen molar-refractivity contribution in [3.63, 3.8) is 0 Å². The normalized spacial score (nSPS) is 13.8. The number of hydrogen-bond donors (Lipinski definition) is 4. The highest BCUT2D eigenvalue weighted by atomic mass is 19.1. The average molecular weight is 490 g/mol. The molecule has 1 aromatic carbocycles. The number of H-pyrrole nitrogens is 1. The van der Waals surface area contributed by atoms with Crippen LogP contribution >= 0.6 is 0 Å². The Balaban J connectivity index is 1.39. The Hall–Kier alpha value is -4.34. The van der Waals surface area contributed by atoms with Crippen LogP contribution in [0, 0.1) is 11.6 Å². The largest absolute Gasteiger partial charge is 0.363 e. The molecule has 8 nitrogen and oxygen atoms in total. The molecule has 1 saturated carbocycles. The second-order valence-electron chi connectivity index (χ2n) is 8.77. The van der Waals surface area contributed by atoms with Gasteiger partial charge in [-0.2, -0.15) is 5.10 Å². The molecule has 0 bridgehead atoms. The van der Waals surface area contributed by atoms with Crippen LogP contribution in [0.3, 0.4) is 0 Å². The lowest BCUT2D eigenvalue weighted by Crippen LogP contribution is -2.24. The highest BCUT2D eigenvalue weighted by Crippen LogP contribution is 2.39. The van der Waals surface area contributed by atoms with Crippen LogP contribution in [0.25, 0.3) is 0 Å². The summed E-state index contributed by atoms with van der Waals surface area (Å²) in [5.41, 5.74) is 2.73. The molecule has 36 heavy (non-hydrogen) atoms. The van der Waals surface area contributed by atoms with E-state index in [1.54, 1.807) is 24.3 Å². The third-order valence-corrected chi connectivity index (χ3v) is 6.02. The molecule has 4 aromatic rings. The molecule has 1 unspecified atom stereocenters. The molecule has 10 heteroatoms. The minimum Gasteiger partial charge on any atom is -0.363 e. The van der Waals surface area contributed by atoms with Gasteiger partial charge in [-0.3, -0.25) is 14.9 Å². The molecular formula is C26H25F2N7O. The van der Waals surface area contributed by atoms with Crippen molar-refractivity contribution >= 4 is 23.4 Å². The molecule has 0 spiro atoms. The molecule has 1 aliphatic carbocycles.